The van der Waals surface area contributed by atoms with Crippen molar-refractivity contribution in [3.05, 3.63) is 173 Å². The van der Waals surface area contributed by atoms with E-state index in [1.54, 1.807) is 0 Å². The maximum absolute atomic E-state index is 16.7. The summed E-state index contributed by atoms with van der Waals surface area (Å²) >= 11 is 0. The Morgan fingerprint density at radius 3 is 0.548 bits per heavy atom. The second kappa shape index (κ2) is 36.6. The molecule has 3 aliphatic rings. The number of likely N-dealkylation sites (N-methyl/N-ethyl adjacent to an activating group) is 3. The first-order valence-corrected chi connectivity index (χ1v) is 46.8. The lowest BCUT2D eigenvalue weighted by Gasteiger charge is -2.39. The highest BCUT2D eigenvalue weighted by molar-refractivity contribution is 5.80. The Kier molecular flexibility index (Phi) is 29.5. The number of fused-ring (bicyclic) bond motifs is 6. The fraction of sp³-hybridized carbons (Fsp3) is 0.636. The number of carboxylic acids is 1. The lowest BCUT2D eigenvalue weighted by Crippen LogP contribution is -2.56. The third kappa shape index (κ3) is 24.5. The molecule has 14 nitrogen and oxygen atoms in total. The largest absolute Gasteiger partial charge is 0.523 e. The van der Waals surface area contributed by atoms with Crippen LogP contribution in [0.5, 0.6) is 34.5 Å². The molecule has 0 saturated heterocycles. The molecule has 6 aromatic carbocycles. The van der Waals surface area contributed by atoms with Gasteiger partial charge < -0.3 is 48.2 Å². The van der Waals surface area contributed by atoms with Gasteiger partial charge in [-0.15, -0.1) is 0 Å². The van der Waals surface area contributed by atoms with E-state index in [1.165, 1.54) is 0 Å². The summed E-state index contributed by atoms with van der Waals surface area (Å²) in [5.41, 5.74) is 10.9. The predicted octanol–water partition coefficient (Wildman–Crippen LogP) is 25.5. The minimum absolute atomic E-state index is 0.128. The standard InChI is InChI=1S/C110H163N3O11/c1-37-111(38-2)88(114)61-119-91-70-43-76-55-85(107(31,32)67-101(16,17)18)57-78-45-72-51-83(105(27,28)65-99(10,11)12)53-74(92(72)120-62-89(115)112(39-3)40-4)47-80-59-87(109(35,36)69-103(22,23)24)60-81-48-75-54-84(106(29,30)66-100(13,14)15)52-73(93(75)121-63-90(116)113(41-5)42-6)46-79-58-86(108(33,34)68-102(19,20)21)56-77(44-71(91)50-82(49-70)104(25,26)64-98(7,8)9)95(79)123-110(97(117)118,122-94(76)78)124-96(80)81/h49-60H,37-48,61-69H2,1-36H3,(H,117,118). The second-order valence-corrected chi connectivity index (χ2v) is 48.3. The minimum Gasteiger partial charge on any atom is -0.483 e. The van der Waals surface area contributed by atoms with E-state index < -0.39 is 44.4 Å². The fourth-order valence-corrected chi connectivity index (χ4v) is 22.2. The molecule has 0 atom stereocenters. The Hall–Kier alpha value is -8.00. The Labute approximate surface area is 750 Å². The van der Waals surface area contributed by atoms with Gasteiger partial charge in [-0.1, -0.05) is 281 Å². The molecule has 124 heavy (non-hydrogen) atoms. The van der Waals surface area contributed by atoms with Gasteiger partial charge in [0.2, 0.25) is 0 Å². The molecule has 0 radical (unpaired) electrons. The average Bonchev–Trinajstić information content (AvgIpc) is 0.732. The van der Waals surface area contributed by atoms with Crippen LogP contribution in [-0.4, -0.2) is 109 Å². The Morgan fingerprint density at radius 2 is 0.419 bits per heavy atom. The van der Waals surface area contributed by atoms with Gasteiger partial charge in [-0.3, -0.25) is 14.4 Å². The zero-order valence-corrected chi connectivity index (χ0v) is 84.1. The normalized spacial score (nSPS) is 14.8. The zero-order chi connectivity index (χ0) is 93.0. The number of hydrogen-bond acceptors (Lipinski definition) is 10. The van der Waals surface area contributed by atoms with Crippen LogP contribution in [0.1, 0.15) is 388 Å². The van der Waals surface area contributed by atoms with Gasteiger partial charge in [-0.2, -0.15) is 0 Å². The second-order valence-electron chi connectivity index (χ2n) is 48.3. The van der Waals surface area contributed by atoms with Crippen molar-refractivity contribution in [2.24, 2.45) is 32.5 Å². The first kappa shape index (κ1) is 99.8. The number of carbonyl (C=O) groups is 4. The maximum atomic E-state index is 16.7. The quantitative estimate of drug-likeness (QED) is 0.0498. The average molecular weight is 1700 g/mol. The van der Waals surface area contributed by atoms with Crippen molar-refractivity contribution >= 4 is 23.7 Å². The number of ether oxygens (including phenoxy) is 6. The van der Waals surface area contributed by atoms with E-state index in [0.29, 0.717) is 89.9 Å². The molecule has 0 aromatic heterocycles. The number of aliphatic carboxylic acids is 1. The molecule has 0 spiro atoms. The molecule has 0 fully saturated rings. The van der Waals surface area contributed by atoms with E-state index in [-0.39, 0.29) is 126 Å². The van der Waals surface area contributed by atoms with Crippen molar-refractivity contribution < 1.29 is 52.7 Å². The molecule has 684 valence electrons. The molecule has 3 heterocycles. The minimum atomic E-state index is -3.06. The van der Waals surface area contributed by atoms with Gasteiger partial charge in [0.05, 0.1) is 0 Å². The summed E-state index contributed by atoms with van der Waals surface area (Å²) in [6.07, 6.45) is 5.50. The lowest BCUT2D eigenvalue weighted by atomic mass is 9.70. The van der Waals surface area contributed by atoms with Gasteiger partial charge in [0.15, 0.2) is 19.8 Å². The highest BCUT2D eigenvalue weighted by atomic mass is 16.9. The van der Waals surface area contributed by atoms with Crippen LogP contribution in [0.4, 0.5) is 0 Å². The van der Waals surface area contributed by atoms with Crippen LogP contribution in [0, 0.1) is 32.5 Å². The summed E-state index contributed by atoms with van der Waals surface area (Å²) in [6, 6.07) is 27.1. The lowest BCUT2D eigenvalue weighted by molar-refractivity contribution is -0.256. The molecule has 0 aliphatic carbocycles. The molecule has 10 bridgehead atoms. The van der Waals surface area contributed by atoms with E-state index >= 15 is 4.79 Å². The summed E-state index contributed by atoms with van der Waals surface area (Å²) in [4.78, 5) is 67.1. The van der Waals surface area contributed by atoms with Crippen molar-refractivity contribution in [3.63, 3.8) is 0 Å². The van der Waals surface area contributed by atoms with Gasteiger partial charge >= 0.3 is 11.9 Å². The fourth-order valence-electron chi connectivity index (χ4n) is 22.2. The Bertz CT molecular complexity index is 4250. The first-order valence-electron chi connectivity index (χ1n) is 46.8. The number of carboxylic acid groups (broad SMARTS) is 1. The van der Waals surface area contributed by atoms with Gasteiger partial charge in [-0.25, -0.2) is 4.79 Å². The molecule has 0 unspecified atom stereocenters. The summed E-state index contributed by atoms with van der Waals surface area (Å²) < 4.78 is 46.9. The SMILES string of the molecule is CCN(CC)C(=O)COc1c2cc(C(C)(C)CC(C)(C)C)cc1Cc1cc(C(C)(C)CC(C)(C)C)cc3c1OC1(C(=O)O)Oc4c(cc(C(C)(C)CC(C)(C)C)cc4Cc4cc(C(C)(C)CC(C)(C)C)cc(c4OCC(=O)N(CC)CC)Cc4cc(C(C)(C)CC(C)(C)C)cc(c4O1)Cc1cc(C(C)(C)CC(C)(C)C)cc(c1OCC(=O)N(CC)CC)C3)C2. The van der Waals surface area contributed by atoms with Crippen LogP contribution in [0.15, 0.2) is 72.8 Å². The number of amides is 3. The van der Waals surface area contributed by atoms with Crippen molar-refractivity contribution in [1.82, 2.24) is 14.7 Å². The van der Waals surface area contributed by atoms with Crippen molar-refractivity contribution in [3.8, 4) is 34.5 Å². The Morgan fingerprint density at radius 1 is 0.274 bits per heavy atom. The highest BCUT2D eigenvalue weighted by Gasteiger charge is 2.53. The van der Waals surface area contributed by atoms with Crippen LogP contribution in [0.3, 0.4) is 0 Å². The highest BCUT2D eigenvalue weighted by Crippen LogP contribution is 2.54. The molecule has 1 N–H and O–H groups in total. The van der Waals surface area contributed by atoms with Gasteiger partial charge in [-0.05, 0) is 245 Å². The number of hydrogen-bond donors (Lipinski definition) is 1. The predicted molar refractivity (Wildman–Crippen MR) is 511 cm³/mol. The maximum Gasteiger partial charge on any atom is 0.523 e. The molecule has 3 aliphatic heterocycles. The molecule has 9 rings (SSSR count). The van der Waals surface area contributed by atoms with Crippen LogP contribution < -0.4 is 28.4 Å². The molecular formula is C110H163N3O11. The van der Waals surface area contributed by atoms with Gasteiger partial charge in [0.1, 0.15) is 34.5 Å². The van der Waals surface area contributed by atoms with E-state index in [1.807, 2.05) is 56.2 Å². The number of carbonyl (C=O) groups excluding carboxylic acids is 3. The number of rotatable bonds is 28. The van der Waals surface area contributed by atoms with E-state index in [9.17, 15) is 19.5 Å². The van der Waals surface area contributed by atoms with Gasteiger partial charge in [0.25, 0.3) is 17.7 Å². The van der Waals surface area contributed by atoms with Crippen molar-refractivity contribution in [2.45, 2.75) is 365 Å². The third-order valence-corrected chi connectivity index (χ3v) is 25.6. The summed E-state index contributed by atoms with van der Waals surface area (Å²) in [5.74, 6) is -2.73. The van der Waals surface area contributed by atoms with Crippen LogP contribution >= 0.6 is 0 Å². The van der Waals surface area contributed by atoms with Crippen molar-refractivity contribution in [2.75, 3.05) is 59.1 Å². The van der Waals surface area contributed by atoms with Crippen LogP contribution in [-0.2, 0) is 90.2 Å². The van der Waals surface area contributed by atoms with E-state index in [4.69, 9.17) is 28.4 Å². The summed E-state index contributed by atoms with van der Waals surface area (Å²) in [5, 5.41) is 13.6. The molecular weight excluding hydrogens is 1540 g/mol. The number of benzene rings is 6. The summed E-state index contributed by atoms with van der Waals surface area (Å²) in [6.45, 7) is 83.0. The third-order valence-electron chi connectivity index (χ3n) is 25.6. The smallest absolute Gasteiger partial charge is 0.483 e. The van der Waals surface area contributed by atoms with E-state index in [0.717, 1.165) is 105 Å². The topological polar surface area (TPSA) is 154 Å². The summed E-state index contributed by atoms with van der Waals surface area (Å²) in [7, 11) is 0. The number of nitrogens with zero attached hydrogens (tertiary/aromatic N) is 3. The van der Waals surface area contributed by atoms with E-state index in [2.05, 4.69) is 281 Å². The monoisotopic (exact) mass is 1700 g/mol. The molecule has 3 amide bonds. The van der Waals surface area contributed by atoms with Gasteiger partial charge in [0, 0.05) is 77.8 Å². The van der Waals surface area contributed by atoms with Crippen LogP contribution in [0.25, 0.3) is 0 Å². The molecule has 14 heteroatoms. The van der Waals surface area contributed by atoms with Crippen molar-refractivity contribution in [1.29, 1.82) is 0 Å². The molecule has 0 saturated carbocycles. The first-order chi connectivity index (χ1) is 56.8. The Balaban J connectivity index is 1.68. The van der Waals surface area contributed by atoms with Crippen LogP contribution in [0.2, 0.25) is 0 Å². The molecule has 6 aromatic rings. The zero-order valence-electron chi connectivity index (χ0n) is 84.1.